The van der Waals surface area contributed by atoms with Gasteiger partial charge in [-0.2, -0.15) is 0 Å². The predicted molar refractivity (Wildman–Crippen MR) is 78.3 cm³/mol. The van der Waals surface area contributed by atoms with E-state index in [1.165, 1.54) is 0 Å². The number of aromatic nitrogens is 1. The van der Waals surface area contributed by atoms with Crippen molar-refractivity contribution < 1.29 is 4.74 Å². The van der Waals surface area contributed by atoms with Gasteiger partial charge in [0.1, 0.15) is 12.4 Å². The van der Waals surface area contributed by atoms with Gasteiger partial charge in [-0.15, -0.1) is 0 Å². The van der Waals surface area contributed by atoms with Crippen LogP contribution in [-0.4, -0.2) is 4.98 Å². The van der Waals surface area contributed by atoms with Crippen molar-refractivity contribution in [1.82, 2.24) is 4.98 Å². The van der Waals surface area contributed by atoms with Gasteiger partial charge in [0.15, 0.2) is 0 Å². The van der Waals surface area contributed by atoms with E-state index in [0.717, 1.165) is 26.0 Å². The lowest BCUT2D eigenvalue weighted by atomic mass is 10.2. The molecular weight excluding hydrogens is 360 g/mol. The van der Waals surface area contributed by atoms with Gasteiger partial charge >= 0.3 is 0 Å². The van der Waals surface area contributed by atoms with Crippen molar-refractivity contribution in [3.05, 3.63) is 56.7 Å². The summed E-state index contributed by atoms with van der Waals surface area (Å²) in [6.07, 6.45) is 1.76. The molecule has 0 radical (unpaired) electrons. The summed E-state index contributed by atoms with van der Waals surface area (Å²) in [5.74, 6) is 0.789. The first-order valence-electron chi connectivity index (χ1n) is 5.41. The third kappa shape index (κ3) is 3.54. The summed E-state index contributed by atoms with van der Waals surface area (Å²) >= 11 is 6.81. The van der Waals surface area contributed by atoms with Crippen LogP contribution in [0, 0.1) is 0 Å². The summed E-state index contributed by atoms with van der Waals surface area (Å²) in [6.45, 7) is 0.959. The lowest BCUT2D eigenvalue weighted by Crippen LogP contribution is -2.00. The van der Waals surface area contributed by atoms with Crippen molar-refractivity contribution in [1.29, 1.82) is 0 Å². The minimum Gasteiger partial charge on any atom is -0.486 e. The molecule has 1 aromatic carbocycles. The van der Waals surface area contributed by atoms with Gasteiger partial charge in [0.05, 0.1) is 10.2 Å². The Morgan fingerprint density at radius 1 is 1.17 bits per heavy atom. The average molecular weight is 372 g/mol. The lowest BCUT2D eigenvalue weighted by Gasteiger charge is -2.09. The number of ether oxygens (including phenoxy) is 1. The Morgan fingerprint density at radius 2 is 2.00 bits per heavy atom. The van der Waals surface area contributed by atoms with E-state index in [4.69, 9.17) is 10.5 Å². The molecule has 2 N–H and O–H groups in total. The van der Waals surface area contributed by atoms with Crippen LogP contribution in [0.2, 0.25) is 0 Å². The molecule has 0 saturated carbocycles. The summed E-state index contributed by atoms with van der Waals surface area (Å²) in [6, 6.07) is 9.69. The Hall–Kier alpha value is -0.910. The molecule has 94 valence electrons. The summed E-state index contributed by atoms with van der Waals surface area (Å²) in [7, 11) is 0. The van der Waals surface area contributed by atoms with Gasteiger partial charge in [-0.25, -0.2) is 0 Å². The second-order valence-electron chi connectivity index (χ2n) is 3.73. The van der Waals surface area contributed by atoms with Crippen molar-refractivity contribution in [3.63, 3.8) is 0 Å². The Morgan fingerprint density at radius 3 is 2.61 bits per heavy atom. The second-order valence-corrected chi connectivity index (χ2v) is 5.50. The molecule has 1 aromatic heterocycles. The van der Waals surface area contributed by atoms with Crippen LogP contribution in [0.1, 0.15) is 11.3 Å². The Kier molecular flexibility index (Phi) is 4.74. The molecule has 1 heterocycles. The molecule has 0 saturated heterocycles. The van der Waals surface area contributed by atoms with Crippen molar-refractivity contribution in [2.24, 2.45) is 5.73 Å². The van der Waals surface area contributed by atoms with Gasteiger partial charge in [0, 0.05) is 17.2 Å². The molecule has 2 rings (SSSR count). The van der Waals surface area contributed by atoms with Crippen LogP contribution >= 0.6 is 31.9 Å². The zero-order valence-corrected chi connectivity index (χ0v) is 12.7. The van der Waals surface area contributed by atoms with E-state index >= 15 is 0 Å². The molecule has 0 unspecified atom stereocenters. The molecule has 0 aliphatic heterocycles. The van der Waals surface area contributed by atoms with Gasteiger partial charge in [-0.05, 0) is 61.7 Å². The van der Waals surface area contributed by atoms with Crippen LogP contribution in [0.3, 0.4) is 0 Å². The number of benzene rings is 1. The lowest BCUT2D eigenvalue weighted by molar-refractivity contribution is 0.299. The SMILES string of the molecule is NCc1ccc(OCc2ccc(Br)cn2)c(Br)c1. The molecule has 0 aliphatic rings. The fourth-order valence-electron chi connectivity index (χ4n) is 1.43. The fraction of sp³-hybridized carbons (Fsp3) is 0.154. The largest absolute Gasteiger partial charge is 0.486 e. The standard InChI is InChI=1S/C13H12Br2N2O/c14-10-2-3-11(17-7-10)8-18-13-4-1-9(6-16)5-12(13)15/h1-5,7H,6,8,16H2. The summed E-state index contributed by atoms with van der Waals surface area (Å²) in [5.41, 5.74) is 7.52. The first-order chi connectivity index (χ1) is 8.69. The molecule has 0 bridgehead atoms. The number of pyridine rings is 1. The van der Waals surface area contributed by atoms with Gasteiger partial charge < -0.3 is 10.5 Å². The summed E-state index contributed by atoms with van der Waals surface area (Å²) in [5, 5.41) is 0. The highest BCUT2D eigenvalue weighted by atomic mass is 79.9. The van der Waals surface area contributed by atoms with Crippen LogP contribution in [0.4, 0.5) is 0 Å². The molecule has 0 atom stereocenters. The van der Waals surface area contributed by atoms with Crippen molar-refractivity contribution >= 4 is 31.9 Å². The van der Waals surface area contributed by atoms with E-state index < -0.39 is 0 Å². The molecule has 0 amide bonds. The number of nitrogens with zero attached hydrogens (tertiary/aromatic N) is 1. The van der Waals surface area contributed by atoms with Crippen LogP contribution in [0.5, 0.6) is 5.75 Å². The van der Waals surface area contributed by atoms with Gasteiger partial charge in [0.25, 0.3) is 0 Å². The van der Waals surface area contributed by atoms with E-state index in [2.05, 4.69) is 36.8 Å². The van der Waals surface area contributed by atoms with Gasteiger partial charge in [-0.3, -0.25) is 4.98 Å². The third-order valence-corrected chi connectivity index (χ3v) is 3.48. The predicted octanol–water partition coefficient (Wildman–Crippen LogP) is 3.64. The molecular formula is C13H12Br2N2O. The highest BCUT2D eigenvalue weighted by molar-refractivity contribution is 9.10. The maximum Gasteiger partial charge on any atom is 0.134 e. The molecule has 0 aliphatic carbocycles. The van der Waals surface area contributed by atoms with Crippen molar-refractivity contribution in [3.8, 4) is 5.75 Å². The maximum atomic E-state index is 5.70. The number of hydrogen-bond acceptors (Lipinski definition) is 3. The highest BCUT2D eigenvalue weighted by Gasteiger charge is 2.03. The van der Waals surface area contributed by atoms with Crippen LogP contribution in [-0.2, 0) is 13.2 Å². The first-order valence-corrected chi connectivity index (χ1v) is 6.99. The number of rotatable bonds is 4. The van der Waals surface area contributed by atoms with Crippen molar-refractivity contribution in [2.45, 2.75) is 13.2 Å². The fourth-order valence-corrected chi connectivity index (χ4v) is 2.21. The normalized spacial score (nSPS) is 10.4. The highest BCUT2D eigenvalue weighted by Crippen LogP contribution is 2.26. The van der Waals surface area contributed by atoms with Crippen molar-refractivity contribution in [2.75, 3.05) is 0 Å². The number of hydrogen-bond donors (Lipinski definition) is 1. The minimum atomic E-state index is 0.438. The van der Waals surface area contributed by atoms with E-state index in [1.54, 1.807) is 6.20 Å². The smallest absolute Gasteiger partial charge is 0.134 e. The maximum absolute atomic E-state index is 5.70. The molecule has 3 nitrogen and oxygen atoms in total. The first kappa shape index (κ1) is 13.5. The molecule has 5 heteroatoms. The van der Waals surface area contributed by atoms with Gasteiger partial charge in [-0.1, -0.05) is 6.07 Å². The zero-order chi connectivity index (χ0) is 13.0. The topological polar surface area (TPSA) is 48.1 Å². The molecule has 0 spiro atoms. The van der Waals surface area contributed by atoms with E-state index in [0.29, 0.717) is 13.2 Å². The van der Waals surface area contributed by atoms with Gasteiger partial charge in [0.2, 0.25) is 0 Å². The quantitative estimate of drug-likeness (QED) is 0.892. The molecule has 18 heavy (non-hydrogen) atoms. The Balaban J connectivity index is 2.04. The minimum absolute atomic E-state index is 0.438. The van der Waals surface area contributed by atoms with Crippen LogP contribution < -0.4 is 10.5 Å². The van der Waals surface area contributed by atoms with E-state index in [1.807, 2.05) is 30.3 Å². The molecule has 2 aromatic rings. The summed E-state index contributed by atoms with van der Waals surface area (Å²) < 4.78 is 7.56. The second kappa shape index (κ2) is 6.31. The van der Waals surface area contributed by atoms with E-state index in [-0.39, 0.29) is 0 Å². The van der Waals surface area contributed by atoms with Crippen LogP contribution in [0.15, 0.2) is 45.5 Å². The van der Waals surface area contributed by atoms with E-state index in [9.17, 15) is 0 Å². The number of nitrogens with two attached hydrogens (primary N) is 1. The average Bonchev–Trinajstić information content (AvgIpc) is 2.39. The Labute approximate surface area is 123 Å². The number of halogens is 2. The summed E-state index contributed by atoms with van der Waals surface area (Å²) in [4.78, 5) is 4.25. The zero-order valence-electron chi connectivity index (χ0n) is 9.57. The third-order valence-electron chi connectivity index (χ3n) is 2.40. The monoisotopic (exact) mass is 370 g/mol. The Bertz CT molecular complexity index is 529. The molecule has 0 fully saturated rings. The van der Waals surface area contributed by atoms with Crippen LogP contribution in [0.25, 0.3) is 0 Å².